The van der Waals surface area contributed by atoms with Gasteiger partial charge >= 0.3 is 0 Å². The Bertz CT molecular complexity index is 307. The van der Waals surface area contributed by atoms with Gasteiger partial charge in [-0.3, -0.25) is 0 Å². The number of aliphatic hydroxyl groups is 2. The highest BCUT2D eigenvalue weighted by molar-refractivity contribution is 6.77. The maximum Gasteiger partial charge on any atom is 0.200 e. The summed E-state index contributed by atoms with van der Waals surface area (Å²) in [5.41, 5.74) is 1.46. The molecule has 118 valence electrons. The lowest BCUT2D eigenvalue weighted by Crippen LogP contribution is -2.49. The third-order valence-electron chi connectivity index (χ3n) is 4.20. The van der Waals surface area contributed by atoms with Crippen molar-refractivity contribution in [3.8, 4) is 11.8 Å². The van der Waals surface area contributed by atoms with Crippen molar-refractivity contribution in [2.45, 2.75) is 71.2 Å². The molecular formula is C16H32O3Si. The maximum atomic E-state index is 10.2. The van der Waals surface area contributed by atoms with Crippen LogP contribution in [0.15, 0.2) is 0 Å². The van der Waals surface area contributed by atoms with Crippen molar-refractivity contribution >= 4 is 8.32 Å². The summed E-state index contributed by atoms with van der Waals surface area (Å²) in [6.45, 7) is 15.1. The number of rotatable bonds is 8. The monoisotopic (exact) mass is 300 g/mol. The van der Waals surface area contributed by atoms with Crippen molar-refractivity contribution in [3.63, 3.8) is 0 Å². The maximum absolute atomic E-state index is 10.2. The van der Waals surface area contributed by atoms with Gasteiger partial charge in [-0.05, 0) is 23.5 Å². The molecule has 4 heteroatoms. The molecule has 2 N–H and O–H groups in total. The summed E-state index contributed by atoms with van der Waals surface area (Å²) in [5.74, 6) is 5.17. The van der Waals surface area contributed by atoms with E-state index in [1.807, 2.05) is 0 Å². The van der Waals surface area contributed by atoms with Gasteiger partial charge in [-0.2, -0.15) is 0 Å². The molecule has 0 radical (unpaired) electrons. The number of hydrogen-bond donors (Lipinski definition) is 2. The molecule has 0 aliphatic heterocycles. The zero-order valence-corrected chi connectivity index (χ0v) is 15.1. The molecule has 0 bridgehead atoms. The molecular weight excluding hydrogens is 268 g/mol. The largest absolute Gasteiger partial charge is 0.413 e. The van der Waals surface area contributed by atoms with E-state index in [2.05, 4.69) is 53.4 Å². The lowest BCUT2D eigenvalue weighted by molar-refractivity contribution is 0.0473. The van der Waals surface area contributed by atoms with Crippen LogP contribution in [-0.2, 0) is 4.43 Å². The Labute approximate surface area is 125 Å². The zero-order valence-electron chi connectivity index (χ0n) is 14.1. The molecule has 0 amide bonds. The number of aliphatic hydroxyl groups excluding tert-OH is 2. The molecule has 3 nitrogen and oxygen atoms in total. The molecule has 2 atom stereocenters. The van der Waals surface area contributed by atoms with Crippen LogP contribution in [0.5, 0.6) is 0 Å². The van der Waals surface area contributed by atoms with Crippen molar-refractivity contribution < 1.29 is 14.6 Å². The van der Waals surface area contributed by atoms with Crippen molar-refractivity contribution in [1.82, 2.24) is 0 Å². The van der Waals surface area contributed by atoms with Crippen LogP contribution in [0.1, 0.15) is 48.5 Å². The van der Waals surface area contributed by atoms with Crippen molar-refractivity contribution in [2.75, 3.05) is 13.2 Å². The molecule has 0 saturated heterocycles. The topological polar surface area (TPSA) is 49.7 Å². The fraction of sp³-hybridized carbons (Fsp3) is 0.875. The smallest absolute Gasteiger partial charge is 0.200 e. The van der Waals surface area contributed by atoms with Crippen LogP contribution < -0.4 is 0 Å². The highest BCUT2D eigenvalue weighted by Gasteiger charge is 2.45. The van der Waals surface area contributed by atoms with Crippen LogP contribution in [0.25, 0.3) is 0 Å². The Hall–Kier alpha value is -0.343. The zero-order chi connectivity index (χ0) is 15.9. The van der Waals surface area contributed by atoms with E-state index in [9.17, 15) is 10.2 Å². The van der Waals surface area contributed by atoms with Gasteiger partial charge in [0, 0.05) is 0 Å². The van der Waals surface area contributed by atoms with Gasteiger partial charge in [-0.15, -0.1) is 5.92 Å². The second kappa shape index (κ2) is 8.84. The van der Waals surface area contributed by atoms with E-state index < -0.39 is 20.3 Å². The fourth-order valence-electron chi connectivity index (χ4n) is 3.29. The Balaban J connectivity index is 4.97. The SMILES string of the molecule is CC#C[C@@H](CO)[C@@H](O)CO[Si](C(C)C)(C(C)C)C(C)C. The van der Waals surface area contributed by atoms with Gasteiger partial charge in [0.1, 0.15) is 0 Å². The summed E-state index contributed by atoms with van der Waals surface area (Å²) in [6, 6.07) is 0. The molecule has 0 fully saturated rings. The molecule has 0 spiro atoms. The summed E-state index contributed by atoms with van der Waals surface area (Å²) in [4.78, 5) is 0. The van der Waals surface area contributed by atoms with E-state index >= 15 is 0 Å². The van der Waals surface area contributed by atoms with Gasteiger partial charge in [0.05, 0.1) is 25.2 Å². The summed E-state index contributed by atoms with van der Waals surface area (Å²) in [5, 5.41) is 19.5. The lowest BCUT2D eigenvalue weighted by Gasteiger charge is -2.42. The van der Waals surface area contributed by atoms with E-state index in [0.29, 0.717) is 16.6 Å². The van der Waals surface area contributed by atoms with E-state index in [0.717, 1.165) is 0 Å². The average Bonchev–Trinajstić information content (AvgIpc) is 2.34. The minimum Gasteiger partial charge on any atom is -0.413 e. The first kappa shape index (κ1) is 19.7. The van der Waals surface area contributed by atoms with E-state index in [1.165, 1.54) is 0 Å². The minimum atomic E-state index is -1.96. The summed E-state index contributed by atoms with van der Waals surface area (Å²) in [6.07, 6.45) is -0.726. The average molecular weight is 301 g/mol. The molecule has 0 rings (SSSR count). The van der Waals surface area contributed by atoms with Crippen LogP contribution in [0, 0.1) is 17.8 Å². The van der Waals surface area contributed by atoms with Crippen LogP contribution >= 0.6 is 0 Å². The predicted molar refractivity (Wildman–Crippen MR) is 87.0 cm³/mol. The Morgan fingerprint density at radius 2 is 1.45 bits per heavy atom. The van der Waals surface area contributed by atoms with E-state index in [1.54, 1.807) is 6.92 Å². The molecule has 20 heavy (non-hydrogen) atoms. The molecule has 0 aromatic carbocycles. The van der Waals surface area contributed by atoms with Gasteiger partial charge in [-0.25, -0.2) is 0 Å². The van der Waals surface area contributed by atoms with Crippen molar-refractivity contribution in [1.29, 1.82) is 0 Å². The molecule has 0 aromatic rings. The molecule has 0 aliphatic rings. The second-order valence-electron chi connectivity index (χ2n) is 6.38. The quantitative estimate of drug-likeness (QED) is 0.535. The predicted octanol–water partition coefficient (Wildman–Crippen LogP) is 3.17. The van der Waals surface area contributed by atoms with Crippen LogP contribution in [0.2, 0.25) is 16.6 Å². The molecule has 0 aliphatic carbocycles. The molecule has 0 aromatic heterocycles. The van der Waals surface area contributed by atoms with Crippen LogP contribution in [0.4, 0.5) is 0 Å². The van der Waals surface area contributed by atoms with E-state index in [-0.39, 0.29) is 13.2 Å². The lowest BCUT2D eigenvalue weighted by atomic mass is 10.1. The van der Waals surface area contributed by atoms with E-state index in [4.69, 9.17) is 4.43 Å². The van der Waals surface area contributed by atoms with Gasteiger partial charge in [0.15, 0.2) is 8.32 Å². The standard InChI is InChI=1S/C16H32O3Si/c1-8-9-15(10-17)16(18)11-19-20(12(2)3,13(4)5)14(6)7/h12-18H,10-11H2,1-7H3/t15-,16-/m0/s1. The van der Waals surface area contributed by atoms with Gasteiger partial charge < -0.3 is 14.6 Å². The first-order chi connectivity index (χ1) is 9.23. The Kier molecular flexibility index (Phi) is 8.68. The van der Waals surface area contributed by atoms with Crippen molar-refractivity contribution in [2.24, 2.45) is 5.92 Å². The summed E-state index contributed by atoms with van der Waals surface area (Å²) in [7, 11) is -1.96. The van der Waals surface area contributed by atoms with Gasteiger partial charge in [0.2, 0.25) is 0 Å². The van der Waals surface area contributed by atoms with Gasteiger partial charge in [-0.1, -0.05) is 47.5 Å². The third-order valence-corrected chi connectivity index (χ3v) is 10.3. The second-order valence-corrected chi connectivity index (χ2v) is 11.8. The van der Waals surface area contributed by atoms with Crippen molar-refractivity contribution in [3.05, 3.63) is 0 Å². The number of hydrogen-bond acceptors (Lipinski definition) is 3. The van der Waals surface area contributed by atoms with Crippen LogP contribution in [-0.4, -0.2) is 37.8 Å². The Morgan fingerprint density at radius 1 is 1.00 bits per heavy atom. The highest BCUT2D eigenvalue weighted by atomic mass is 28.4. The Morgan fingerprint density at radius 3 is 1.75 bits per heavy atom. The molecule has 0 heterocycles. The summed E-state index contributed by atoms with van der Waals surface area (Å²) >= 11 is 0. The first-order valence-electron chi connectivity index (χ1n) is 7.59. The molecule has 0 saturated carbocycles. The van der Waals surface area contributed by atoms with Crippen LogP contribution in [0.3, 0.4) is 0 Å². The third kappa shape index (κ3) is 4.59. The normalized spacial score (nSPS) is 15.4. The fourth-order valence-corrected chi connectivity index (χ4v) is 8.75. The first-order valence-corrected chi connectivity index (χ1v) is 9.73. The summed E-state index contributed by atoms with van der Waals surface area (Å²) < 4.78 is 6.31. The van der Waals surface area contributed by atoms with Gasteiger partial charge in [0.25, 0.3) is 0 Å². The highest BCUT2D eigenvalue weighted by Crippen LogP contribution is 2.42. The minimum absolute atomic E-state index is 0.134. The molecule has 0 unspecified atom stereocenters.